The summed E-state index contributed by atoms with van der Waals surface area (Å²) in [5, 5.41) is 0. The van der Waals surface area contributed by atoms with Gasteiger partial charge in [0.2, 0.25) is 0 Å². The van der Waals surface area contributed by atoms with Crippen LogP contribution >= 0.6 is 0 Å². The number of methoxy groups -OCH3 is 1. The average molecular weight is 269 g/mol. The van der Waals surface area contributed by atoms with E-state index in [0.717, 1.165) is 16.9 Å². The summed E-state index contributed by atoms with van der Waals surface area (Å²) >= 11 is 0. The molecule has 2 heteroatoms. The summed E-state index contributed by atoms with van der Waals surface area (Å²) in [5.74, 6) is 0.857. The van der Waals surface area contributed by atoms with Gasteiger partial charge in [-0.3, -0.25) is 0 Å². The molecule has 2 aromatic rings. The molecule has 106 valence electrons. The highest BCUT2D eigenvalue weighted by atomic mass is 16.5. The maximum atomic E-state index is 6.48. The van der Waals surface area contributed by atoms with E-state index >= 15 is 0 Å². The molecular formula is C18H23NO. The summed E-state index contributed by atoms with van der Waals surface area (Å²) in [4.78, 5) is 0. The Morgan fingerprint density at radius 1 is 0.850 bits per heavy atom. The molecule has 0 aliphatic carbocycles. The molecule has 0 spiro atoms. The maximum Gasteiger partial charge on any atom is 0.124 e. The summed E-state index contributed by atoms with van der Waals surface area (Å²) in [5.41, 5.74) is 13.6. The molecule has 0 heterocycles. The summed E-state index contributed by atoms with van der Waals surface area (Å²) in [6.07, 6.45) is 0. The number of rotatable bonds is 3. The molecule has 0 fully saturated rings. The molecule has 1 atom stereocenters. The summed E-state index contributed by atoms with van der Waals surface area (Å²) in [6, 6.07) is 10.4. The van der Waals surface area contributed by atoms with Gasteiger partial charge in [-0.05, 0) is 61.6 Å². The van der Waals surface area contributed by atoms with Gasteiger partial charge in [0.15, 0.2) is 0 Å². The molecular weight excluding hydrogens is 246 g/mol. The van der Waals surface area contributed by atoms with Crippen LogP contribution in [0.5, 0.6) is 5.75 Å². The molecule has 2 aromatic carbocycles. The molecule has 0 saturated carbocycles. The second kappa shape index (κ2) is 5.68. The van der Waals surface area contributed by atoms with Gasteiger partial charge >= 0.3 is 0 Å². The number of benzene rings is 2. The van der Waals surface area contributed by atoms with Gasteiger partial charge in [0.05, 0.1) is 13.2 Å². The highest BCUT2D eigenvalue weighted by Gasteiger charge is 2.16. The van der Waals surface area contributed by atoms with Gasteiger partial charge in [0.1, 0.15) is 5.75 Å². The van der Waals surface area contributed by atoms with Crippen molar-refractivity contribution in [3.63, 3.8) is 0 Å². The van der Waals surface area contributed by atoms with Gasteiger partial charge < -0.3 is 10.5 Å². The molecule has 0 aliphatic rings. The Balaban J connectivity index is 2.51. The molecule has 2 rings (SSSR count). The number of aryl methyl sites for hydroxylation is 4. The molecule has 0 amide bonds. The zero-order chi connectivity index (χ0) is 14.9. The average Bonchev–Trinajstić information content (AvgIpc) is 2.42. The molecule has 0 saturated heterocycles. The molecule has 2 nitrogen and oxygen atoms in total. The molecule has 0 aliphatic heterocycles. The van der Waals surface area contributed by atoms with Crippen molar-refractivity contribution in [2.45, 2.75) is 33.7 Å². The first-order valence-electron chi connectivity index (χ1n) is 6.92. The van der Waals surface area contributed by atoms with Gasteiger partial charge in [-0.25, -0.2) is 0 Å². The fourth-order valence-electron chi connectivity index (χ4n) is 2.56. The van der Waals surface area contributed by atoms with Gasteiger partial charge in [-0.1, -0.05) is 24.3 Å². The van der Waals surface area contributed by atoms with Crippen LogP contribution in [0.1, 0.15) is 39.4 Å². The van der Waals surface area contributed by atoms with Crippen molar-refractivity contribution < 1.29 is 4.74 Å². The molecule has 2 N–H and O–H groups in total. The normalized spacial score (nSPS) is 12.3. The second-order valence-corrected chi connectivity index (χ2v) is 5.52. The lowest BCUT2D eigenvalue weighted by Gasteiger charge is -2.20. The van der Waals surface area contributed by atoms with E-state index < -0.39 is 0 Å². The van der Waals surface area contributed by atoms with Crippen molar-refractivity contribution >= 4 is 0 Å². The van der Waals surface area contributed by atoms with Gasteiger partial charge in [-0.2, -0.15) is 0 Å². The van der Waals surface area contributed by atoms with E-state index in [0.29, 0.717) is 0 Å². The quantitative estimate of drug-likeness (QED) is 0.914. The molecule has 20 heavy (non-hydrogen) atoms. The summed E-state index contributed by atoms with van der Waals surface area (Å²) in [6.45, 7) is 8.42. The topological polar surface area (TPSA) is 35.2 Å². The molecule has 0 aromatic heterocycles. The van der Waals surface area contributed by atoms with E-state index in [1.807, 2.05) is 6.07 Å². The van der Waals surface area contributed by atoms with Gasteiger partial charge in [-0.15, -0.1) is 0 Å². The zero-order valence-corrected chi connectivity index (χ0v) is 12.9. The van der Waals surface area contributed by atoms with E-state index in [1.54, 1.807) is 7.11 Å². The van der Waals surface area contributed by atoms with Crippen molar-refractivity contribution in [2.24, 2.45) is 5.73 Å². The van der Waals surface area contributed by atoms with E-state index in [2.05, 4.69) is 52.0 Å². The lowest BCUT2D eigenvalue weighted by atomic mass is 9.91. The highest BCUT2D eigenvalue weighted by Crippen LogP contribution is 2.31. The van der Waals surface area contributed by atoms with Crippen molar-refractivity contribution in [1.29, 1.82) is 0 Å². The first kappa shape index (κ1) is 14.6. The van der Waals surface area contributed by atoms with Crippen LogP contribution in [-0.4, -0.2) is 7.11 Å². The maximum absolute atomic E-state index is 6.48. The molecule has 0 bridgehead atoms. The predicted molar refractivity (Wildman–Crippen MR) is 84.4 cm³/mol. The minimum absolute atomic E-state index is 0.162. The van der Waals surface area contributed by atoms with Gasteiger partial charge in [0.25, 0.3) is 0 Å². The summed E-state index contributed by atoms with van der Waals surface area (Å²) < 4.78 is 5.48. The van der Waals surface area contributed by atoms with Crippen LogP contribution in [0.3, 0.4) is 0 Å². The van der Waals surface area contributed by atoms with Crippen molar-refractivity contribution in [2.75, 3.05) is 7.11 Å². The number of nitrogens with two attached hydrogens (primary N) is 1. The van der Waals surface area contributed by atoms with Crippen molar-refractivity contribution in [1.82, 2.24) is 0 Å². The van der Waals surface area contributed by atoms with Crippen molar-refractivity contribution in [3.8, 4) is 5.75 Å². The minimum atomic E-state index is -0.162. The SMILES string of the molecule is COc1cc(C)ccc1C(N)c1cc(C)c(C)cc1C. The zero-order valence-electron chi connectivity index (χ0n) is 12.9. The van der Waals surface area contributed by atoms with Crippen LogP contribution < -0.4 is 10.5 Å². The standard InChI is InChI=1S/C18H23NO/c1-11-6-7-15(17(8-11)20-5)18(19)16-10-13(3)12(2)9-14(16)4/h6-10,18H,19H2,1-5H3. The third-order valence-electron chi connectivity index (χ3n) is 3.94. The Labute approximate surface area is 121 Å². The van der Waals surface area contributed by atoms with E-state index in [1.165, 1.54) is 22.3 Å². The summed E-state index contributed by atoms with van der Waals surface area (Å²) in [7, 11) is 1.69. The Morgan fingerprint density at radius 2 is 1.50 bits per heavy atom. The largest absolute Gasteiger partial charge is 0.496 e. The van der Waals surface area contributed by atoms with Crippen LogP contribution in [0.2, 0.25) is 0 Å². The second-order valence-electron chi connectivity index (χ2n) is 5.52. The van der Waals surface area contributed by atoms with E-state index in [9.17, 15) is 0 Å². The Hall–Kier alpha value is -1.80. The fraction of sp³-hybridized carbons (Fsp3) is 0.333. The minimum Gasteiger partial charge on any atom is -0.496 e. The first-order valence-corrected chi connectivity index (χ1v) is 6.92. The Morgan fingerprint density at radius 3 is 2.15 bits per heavy atom. The van der Waals surface area contributed by atoms with E-state index in [-0.39, 0.29) is 6.04 Å². The first-order chi connectivity index (χ1) is 9.43. The number of ether oxygens (including phenoxy) is 1. The number of hydrogen-bond acceptors (Lipinski definition) is 2. The monoisotopic (exact) mass is 269 g/mol. The van der Waals surface area contributed by atoms with E-state index in [4.69, 9.17) is 10.5 Å². The van der Waals surface area contributed by atoms with Crippen LogP contribution in [0.15, 0.2) is 30.3 Å². The Bertz CT molecular complexity index is 632. The smallest absolute Gasteiger partial charge is 0.124 e. The molecule has 0 radical (unpaired) electrons. The molecule has 1 unspecified atom stereocenters. The fourth-order valence-corrected chi connectivity index (χ4v) is 2.56. The predicted octanol–water partition coefficient (Wildman–Crippen LogP) is 3.98. The van der Waals surface area contributed by atoms with Crippen LogP contribution in [0, 0.1) is 27.7 Å². The van der Waals surface area contributed by atoms with Crippen molar-refractivity contribution in [3.05, 3.63) is 63.7 Å². The van der Waals surface area contributed by atoms with Crippen LogP contribution in [0.25, 0.3) is 0 Å². The Kier molecular flexibility index (Phi) is 4.15. The highest BCUT2D eigenvalue weighted by molar-refractivity contribution is 5.47. The third-order valence-corrected chi connectivity index (χ3v) is 3.94. The lowest BCUT2D eigenvalue weighted by molar-refractivity contribution is 0.407. The third kappa shape index (κ3) is 2.70. The lowest BCUT2D eigenvalue weighted by Crippen LogP contribution is -2.15. The van der Waals surface area contributed by atoms with Crippen LogP contribution in [0.4, 0.5) is 0 Å². The number of hydrogen-bond donors (Lipinski definition) is 1. The van der Waals surface area contributed by atoms with Gasteiger partial charge in [0, 0.05) is 5.56 Å². The van der Waals surface area contributed by atoms with Crippen LogP contribution in [-0.2, 0) is 0 Å².